The zero-order chi connectivity index (χ0) is 16.1. The summed E-state index contributed by atoms with van der Waals surface area (Å²) >= 11 is 6.09. The Morgan fingerprint density at radius 3 is 1.74 bits per heavy atom. The van der Waals surface area contributed by atoms with Gasteiger partial charge in [0.25, 0.3) is 0 Å². The third-order valence-corrected chi connectivity index (χ3v) is 7.74. The molecule has 0 bridgehead atoms. The summed E-state index contributed by atoms with van der Waals surface area (Å²) in [5, 5.41) is 2.23. The van der Waals surface area contributed by atoms with Crippen molar-refractivity contribution < 1.29 is 0 Å². The first-order chi connectivity index (χ1) is 11.2. The molecular formula is C20H18NPS. The summed E-state index contributed by atoms with van der Waals surface area (Å²) in [6.07, 6.45) is -0.266. The minimum absolute atomic E-state index is 1.12. The van der Waals surface area contributed by atoms with E-state index >= 15 is 0 Å². The molecular weight excluding hydrogens is 317 g/mol. The fourth-order valence-corrected chi connectivity index (χ4v) is 5.29. The van der Waals surface area contributed by atoms with Gasteiger partial charge in [0.05, 0.1) is 0 Å². The van der Waals surface area contributed by atoms with Gasteiger partial charge in [-0.25, -0.2) is 0 Å². The van der Waals surface area contributed by atoms with E-state index in [1.807, 2.05) is 54.7 Å². The molecule has 3 aromatic rings. The average Bonchev–Trinajstić information content (AvgIpc) is 2.62. The topological polar surface area (TPSA) is 12.4 Å². The van der Waals surface area contributed by atoms with Crippen molar-refractivity contribution >= 4 is 34.8 Å². The van der Waals surface area contributed by atoms with Crippen molar-refractivity contribution in [2.75, 3.05) is 0 Å². The van der Waals surface area contributed by atoms with Crippen LogP contribution in [0.4, 0.5) is 0 Å². The SMILES string of the molecule is Cc1ccccc1/C=N/P(=S)(c1ccccc1)c1ccccc1. The maximum atomic E-state index is 6.09. The van der Waals surface area contributed by atoms with Crippen LogP contribution in [0.2, 0.25) is 0 Å². The van der Waals surface area contributed by atoms with Crippen LogP contribution >= 0.6 is 6.19 Å². The van der Waals surface area contributed by atoms with Crippen molar-refractivity contribution in [3.05, 3.63) is 96.1 Å². The summed E-state index contributed by atoms with van der Waals surface area (Å²) < 4.78 is 4.93. The Morgan fingerprint density at radius 2 is 1.22 bits per heavy atom. The predicted octanol–water partition coefficient (Wildman–Crippen LogP) is 4.46. The van der Waals surface area contributed by atoms with Gasteiger partial charge in [-0.05, 0) is 18.1 Å². The van der Waals surface area contributed by atoms with E-state index in [0.717, 1.165) is 16.2 Å². The van der Waals surface area contributed by atoms with E-state index in [9.17, 15) is 0 Å². The Morgan fingerprint density at radius 1 is 0.739 bits per heavy atom. The van der Waals surface area contributed by atoms with Crippen molar-refractivity contribution in [1.29, 1.82) is 0 Å². The van der Waals surface area contributed by atoms with E-state index in [4.69, 9.17) is 16.6 Å². The number of hydrogen-bond donors (Lipinski definition) is 0. The molecule has 3 rings (SSSR count). The van der Waals surface area contributed by atoms with E-state index in [-0.39, 0.29) is 0 Å². The van der Waals surface area contributed by atoms with Crippen LogP contribution in [-0.2, 0) is 11.8 Å². The first-order valence-electron chi connectivity index (χ1n) is 7.53. The average molecular weight is 335 g/mol. The summed E-state index contributed by atoms with van der Waals surface area (Å²) in [6.45, 7) is 2.09. The molecule has 0 radical (unpaired) electrons. The van der Waals surface area contributed by atoms with Gasteiger partial charge in [-0.1, -0.05) is 96.7 Å². The molecule has 0 aromatic heterocycles. The summed E-state index contributed by atoms with van der Waals surface area (Å²) in [7, 11) is 0. The highest BCUT2D eigenvalue weighted by Gasteiger charge is 2.20. The van der Waals surface area contributed by atoms with Crippen LogP contribution in [0.25, 0.3) is 0 Å². The molecule has 0 unspecified atom stereocenters. The summed E-state index contributed by atoms with van der Waals surface area (Å²) in [5.74, 6) is 0. The highest BCUT2D eigenvalue weighted by Crippen LogP contribution is 2.45. The normalized spacial score (nSPS) is 11.7. The Bertz CT molecular complexity index is 814. The molecule has 0 aliphatic carbocycles. The molecule has 0 atom stereocenters. The molecule has 0 N–H and O–H groups in total. The molecule has 0 amide bonds. The zero-order valence-electron chi connectivity index (χ0n) is 13.0. The Kier molecular flexibility index (Phi) is 4.85. The van der Waals surface area contributed by atoms with Gasteiger partial charge >= 0.3 is 0 Å². The predicted molar refractivity (Wildman–Crippen MR) is 105 cm³/mol. The lowest BCUT2D eigenvalue weighted by atomic mass is 10.1. The first-order valence-corrected chi connectivity index (χ1v) is 10.3. The van der Waals surface area contributed by atoms with Gasteiger partial charge in [-0.15, -0.1) is 0 Å². The lowest BCUT2D eigenvalue weighted by Gasteiger charge is -2.18. The van der Waals surface area contributed by atoms with Crippen molar-refractivity contribution in [1.82, 2.24) is 0 Å². The van der Waals surface area contributed by atoms with Crippen molar-refractivity contribution in [2.24, 2.45) is 4.76 Å². The van der Waals surface area contributed by atoms with Crippen LogP contribution in [0, 0.1) is 6.92 Å². The molecule has 0 saturated heterocycles. The second-order valence-corrected chi connectivity index (χ2v) is 9.35. The van der Waals surface area contributed by atoms with Gasteiger partial charge in [0.1, 0.15) is 6.19 Å². The third-order valence-electron chi connectivity index (χ3n) is 3.76. The fourth-order valence-electron chi connectivity index (χ4n) is 2.42. The second kappa shape index (κ2) is 7.04. The second-order valence-electron chi connectivity index (χ2n) is 5.35. The number of hydrogen-bond acceptors (Lipinski definition) is 1. The molecule has 0 aliphatic rings. The van der Waals surface area contributed by atoms with Crippen molar-refractivity contribution in [2.45, 2.75) is 6.92 Å². The number of nitrogens with zero attached hydrogens (tertiary/aromatic N) is 1. The van der Waals surface area contributed by atoms with E-state index in [1.165, 1.54) is 5.56 Å². The molecule has 23 heavy (non-hydrogen) atoms. The van der Waals surface area contributed by atoms with Crippen molar-refractivity contribution in [3.63, 3.8) is 0 Å². The number of aryl methyl sites for hydroxylation is 1. The van der Waals surface area contributed by atoms with Gasteiger partial charge in [0, 0.05) is 16.8 Å². The molecule has 0 saturated carbocycles. The molecule has 0 fully saturated rings. The van der Waals surface area contributed by atoms with E-state index in [2.05, 4.69) is 43.3 Å². The Labute approximate surface area is 142 Å². The van der Waals surface area contributed by atoms with Crippen LogP contribution < -0.4 is 10.6 Å². The highest BCUT2D eigenvalue weighted by molar-refractivity contribution is 8.21. The molecule has 0 spiro atoms. The summed E-state index contributed by atoms with van der Waals surface area (Å²) in [6, 6.07) is 28.7. The lowest BCUT2D eigenvalue weighted by Crippen LogP contribution is -2.14. The summed E-state index contributed by atoms with van der Waals surface area (Å²) in [4.78, 5) is 0. The van der Waals surface area contributed by atoms with Gasteiger partial charge in [0.15, 0.2) is 0 Å². The van der Waals surface area contributed by atoms with Crippen molar-refractivity contribution in [3.8, 4) is 0 Å². The Hall–Kier alpha value is -2.02. The minimum atomic E-state index is -2.21. The van der Waals surface area contributed by atoms with Crippen LogP contribution in [0.3, 0.4) is 0 Å². The van der Waals surface area contributed by atoms with E-state index in [0.29, 0.717) is 0 Å². The number of rotatable bonds is 4. The quantitative estimate of drug-likeness (QED) is 0.506. The van der Waals surface area contributed by atoms with Crippen LogP contribution in [-0.4, -0.2) is 6.21 Å². The molecule has 0 aliphatic heterocycles. The lowest BCUT2D eigenvalue weighted by molar-refractivity contribution is 1.45. The van der Waals surface area contributed by atoms with Crippen LogP contribution in [0.15, 0.2) is 89.7 Å². The molecule has 1 nitrogen and oxygen atoms in total. The van der Waals surface area contributed by atoms with Gasteiger partial charge in [0.2, 0.25) is 0 Å². The smallest absolute Gasteiger partial charge is 0.112 e. The molecule has 3 aromatic carbocycles. The fraction of sp³-hybridized carbons (Fsp3) is 0.0500. The maximum Gasteiger partial charge on any atom is 0.112 e. The van der Waals surface area contributed by atoms with E-state index in [1.54, 1.807) is 0 Å². The monoisotopic (exact) mass is 335 g/mol. The molecule has 0 heterocycles. The largest absolute Gasteiger partial charge is 0.251 e. The van der Waals surface area contributed by atoms with Gasteiger partial charge in [-0.3, -0.25) is 4.76 Å². The molecule has 3 heteroatoms. The van der Waals surface area contributed by atoms with Crippen LogP contribution in [0.1, 0.15) is 11.1 Å². The van der Waals surface area contributed by atoms with Crippen LogP contribution in [0.5, 0.6) is 0 Å². The highest BCUT2D eigenvalue weighted by atomic mass is 32.4. The Balaban J connectivity index is 2.11. The summed E-state index contributed by atoms with van der Waals surface area (Å²) in [5.41, 5.74) is 2.33. The standard InChI is InChI=1S/C20H18NPS/c1-17-10-8-9-11-18(17)16-21-22(23,19-12-4-2-5-13-19)20-14-6-3-7-15-20/h2-16H,1H3/b21-16+. The number of benzene rings is 3. The zero-order valence-corrected chi connectivity index (χ0v) is 14.7. The van der Waals surface area contributed by atoms with E-state index < -0.39 is 6.19 Å². The maximum absolute atomic E-state index is 6.09. The third kappa shape index (κ3) is 3.50. The first kappa shape index (κ1) is 15.9. The molecule has 114 valence electrons. The van der Waals surface area contributed by atoms with Gasteiger partial charge < -0.3 is 0 Å². The minimum Gasteiger partial charge on any atom is -0.251 e. The van der Waals surface area contributed by atoms with Gasteiger partial charge in [-0.2, -0.15) is 0 Å².